The lowest BCUT2D eigenvalue weighted by Gasteiger charge is -2.29. The first-order valence-corrected chi connectivity index (χ1v) is 5.97. The standard InChI is InChI=1S/C11H22N2O3/c1-2-13(8-9-4-3-7-16-9)10(5-6-12)11(14)15/h9-10H,2-8,12H2,1H3,(H,14,15). The summed E-state index contributed by atoms with van der Waals surface area (Å²) < 4.78 is 5.53. The van der Waals surface area contributed by atoms with Gasteiger partial charge in [-0.25, -0.2) is 0 Å². The number of nitrogens with zero attached hydrogens (tertiary/aromatic N) is 1. The molecule has 0 aromatic heterocycles. The van der Waals surface area contributed by atoms with Crippen molar-refractivity contribution in [3.8, 4) is 0 Å². The molecule has 0 bridgehead atoms. The molecular weight excluding hydrogens is 208 g/mol. The van der Waals surface area contributed by atoms with E-state index in [9.17, 15) is 4.79 Å². The number of hydrogen-bond acceptors (Lipinski definition) is 4. The molecule has 5 heteroatoms. The van der Waals surface area contributed by atoms with Crippen LogP contribution in [0.1, 0.15) is 26.2 Å². The van der Waals surface area contributed by atoms with Crippen LogP contribution in [-0.4, -0.2) is 54.4 Å². The van der Waals surface area contributed by atoms with Crippen molar-refractivity contribution in [3.05, 3.63) is 0 Å². The quantitative estimate of drug-likeness (QED) is 0.657. The van der Waals surface area contributed by atoms with Crippen LogP contribution in [0, 0.1) is 0 Å². The van der Waals surface area contributed by atoms with Crippen molar-refractivity contribution < 1.29 is 14.6 Å². The summed E-state index contributed by atoms with van der Waals surface area (Å²) in [5, 5.41) is 9.14. The van der Waals surface area contributed by atoms with Crippen LogP contribution in [-0.2, 0) is 9.53 Å². The number of carboxylic acids is 1. The molecule has 1 aliphatic rings. The normalized spacial score (nSPS) is 22.6. The van der Waals surface area contributed by atoms with Crippen molar-refractivity contribution in [2.24, 2.45) is 5.73 Å². The predicted molar refractivity (Wildman–Crippen MR) is 61.3 cm³/mol. The number of rotatable bonds is 7. The molecular formula is C11H22N2O3. The molecule has 16 heavy (non-hydrogen) atoms. The van der Waals surface area contributed by atoms with Crippen molar-refractivity contribution in [2.45, 2.75) is 38.3 Å². The summed E-state index contributed by atoms with van der Waals surface area (Å²) in [5.74, 6) is -0.787. The van der Waals surface area contributed by atoms with Gasteiger partial charge in [0.25, 0.3) is 0 Å². The topological polar surface area (TPSA) is 75.8 Å². The Balaban J connectivity index is 2.51. The van der Waals surface area contributed by atoms with Crippen molar-refractivity contribution in [3.63, 3.8) is 0 Å². The largest absolute Gasteiger partial charge is 0.480 e. The minimum absolute atomic E-state index is 0.194. The minimum Gasteiger partial charge on any atom is -0.480 e. The molecule has 0 amide bonds. The average molecular weight is 230 g/mol. The van der Waals surface area contributed by atoms with E-state index in [4.69, 9.17) is 15.6 Å². The molecule has 0 aliphatic carbocycles. The Morgan fingerprint density at radius 2 is 2.44 bits per heavy atom. The van der Waals surface area contributed by atoms with Gasteiger partial charge in [-0.15, -0.1) is 0 Å². The molecule has 1 fully saturated rings. The van der Waals surface area contributed by atoms with E-state index in [0.717, 1.165) is 26.0 Å². The Bertz CT molecular complexity index is 217. The Morgan fingerprint density at radius 1 is 1.69 bits per heavy atom. The number of aliphatic carboxylic acids is 1. The van der Waals surface area contributed by atoms with Crippen molar-refractivity contribution >= 4 is 5.97 Å². The lowest BCUT2D eigenvalue weighted by molar-refractivity contribution is -0.144. The third kappa shape index (κ3) is 3.73. The zero-order valence-corrected chi connectivity index (χ0v) is 9.89. The third-order valence-corrected chi connectivity index (χ3v) is 3.03. The van der Waals surface area contributed by atoms with Crippen molar-refractivity contribution in [2.75, 3.05) is 26.2 Å². The summed E-state index contributed by atoms with van der Waals surface area (Å²) in [6, 6.07) is -0.473. The Kier molecular flexibility index (Phi) is 5.73. The fourth-order valence-electron chi connectivity index (χ4n) is 2.15. The SMILES string of the molecule is CCN(CC1CCCO1)C(CCN)C(=O)O. The van der Waals surface area contributed by atoms with E-state index >= 15 is 0 Å². The molecule has 94 valence electrons. The molecule has 0 aromatic carbocycles. The zero-order chi connectivity index (χ0) is 12.0. The highest BCUT2D eigenvalue weighted by Gasteiger charge is 2.27. The summed E-state index contributed by atoms with van der Waals surface area (Å²) in [5.41, 5.74) is 5.45. The van der Waals surface area contributed by atoms with Gasteiger partial charge in [0.15, 0.2) is 0 Å². The minimum atomic E-state index is -0.787. The first kappa shape index (κ1) is 13.4. The average Bonchev–Trinajstić information content (AvgIpc) is 2.75. The van der Waals surface area contributed by atoms with Crippen LogP contribution in [0.4, 0.5) is 0 Å². The highest BCUT2D eigenvalue weighted by atomic mass is 16.5. The molecule has 0 radical (unpaired) electrons. The van der Waals surface area contributed by atoms with Crippen LogP contribution in [0.15, 0.2) is 0 Å². The number of carboxylic acid groups (broad SMARTS) is 1. The van der Waals surface area contributed by atoms with Crippen LogP contribution in [0.25, 0.3) is 0 Å². The van der Waals surface area contributed by atoms with Crippen molar-refractivity contribution in [1.29, 1.82) is 0 Å². The second-order valence-electron chi connectivity index (χ2n) is 4.15. The van der Waals surface area contributed by atoms with Crippen LogP contribution in [0.3, 0.4) is 0 Å². The zero-order valence-electron chi connectivity index (χ0n) is 9.89. The van der Waals surface area contributed by atoms with Crippen LogP contribution in [0.5, 0.6) is 0 Å². The van der Waals surface area contributed by atoms with Gasteiger partial charge in [-0.2, -0.15) is 0 Å². The van der Waals surface area contributed by atoms with Gasteiger partial charge >= 0.3 is 5.97 Å². The van der Waals surface area contributed by atoms with Gasteiger partial charge in [0.05, 0.1) is 6.10 Å². The monoisotopic (exact) mass is 230 g/mol. The summed E-state index contributed by atoms with van der Waals surface area (Å²) in [6.07, 6.45) is 2.80. The van der Waals surface area contributed by atoms with Gasteiger partial charge in [0, 0.05) is 13.2 Å². The van der Waals surface area contributed by atoms with Crippen LogP contribution < -0.4 is 5.73 Å². The molecule has 3 N–H and O–H groups in total. The second kappa shape index (κ2) is 6.83. The van der Waals surface area contributed by atoms with E-state index in [2.05, 4.69) is 0 Å². The van der Waals surface area contributed by atoms with E-state index < -0.39 is 12.0 Å². The van der Waals surface area contributed by atoms with Gasteiger partial charge in [-0.3, -0.25) is 9.69 Å². The Hall–Kier alpha value is -0.650. The first-order valence-electron chi connectivity index (χ1n) is 5.97. The van der Waals surface area contributed by atoms with Gasteiger partial charge in [0.1, 0.15) is 6.04 Å². The van der Waals surface area contributed by atoms with E-state index in [1.54, 1.807) is 0 Å². The maximum absolute atomic E-state index is 11.1. The van der Waals surface area contributed by atoms with E-state index in [1.807, 2.05) is 11.8 Å². The highest BCUT2D eigenvalue weighted by Crippen LogP contribution is 2.15. The number of nitrogens with two attached hydrogens (primary N) is 1. The highest BCUT2D eigenvalue weighted by molar-refractivity contribution is 5.73. The molecule has 0 aromatic rings. The predicted octanol–water partition coefficient (Wildman–Crippen LogP) is 0.289. The van der Waals surface area contributed by atoms with Gasteiger partial charge in [-0.1, -0.05) is 6.92 Å². The molecule has 1 saturated heterocycles. The maximum Gasteiger partial charge on any atom is 0.320 e. The fourth-order valence-corrected chi connectivity index (χ4v) is 2.15. The molecule has 1 heterocycles. The molecule has 1 aliphatic heterocycles. The molecule has 5 nitrogen and oxygen atoms in total. The van der Waals surface area contributed by atoms with Crippen LogP contribution >= 0.6 is 0 Å². The van der Waals surface area contributed by atoms with Crippen molar-refractivity contribution in [1.82, 2.24) is 4.90 Å². The number of ether oxygens (including phenoxy) is 1. The first-order chi connectivity index (χ1) is 7.69. The second-order valence-corrected chi connectivity index (χ2v) is 4.15. The molecule has 1 rings (SSSR count). The van der Waals surface area contributed by atoms with Crippen LogP contribution in [0.2, 0.25) is 0 Å². The summed E-state index contributed by atoms with van der Waals surface area (Å²) in [4.78, 5) is 13.1. The number of likely N-dealkylation sites (N-methyl/N-ethyl adjacent to an activating group) is 1. The summed E-state index contributed by atoms with van der Waals surface area (Å²) in [7, 11) is 0. The third-order valence-electron chi connectivity index (χ3n) is 3.03. The Morgan fingerprint density at radius 3 is 2.88 bits per heavy atom. The number of carbonyl (C=O) groups is 1. The van der Waals surface area contributed by atoms with E-state index in [-0.39, 0.29) is 6.10 Å². The molecule has 2 unspecified atom stereocenters. The van der Waals surface area contributed by atoms with Gasteiger partial charge < -0.3 is 15.6 Å². The smallest absolute Gasteiger partial charge is 0.320 e. The van der Waals surface area contributed by atoms with E-state index in [1.165, 1.54) is 0 Å². The molecule has 0 saturated carbocycles. The molecule has 0 spiro atoms. The molecule has 2 atom stereocenters. The lowest BCUT2D eigenvalue weighted by atomic mass is 10.1. The Labute approximate surface area is 96.6 Å². The van der Waals surface area contributed by atoms with E-state index in [0.29, 0.717) is 19.5 Å². The summed E-state index contributed by atoms with van der Waals surface area (Å²) in [6.45, 7) is 4.60. The lowest BCUT2D eigenvalue weighted by Crippen LogP contribution is -2.45. The number of hydrogen-bond donors (Lipinski definition) is 2. The van der Waals surface area contributed by atoms with Gasteiger partial charge in [-0.05, 0) is 32.4 Å². The summed E-state index contributed by atoms with van der Waals surface area (Å²) >= 11 is 0. The fraction of sp³-hybridized carbons (Fsp3) is 0.909. The van der Waals surface area contributed by atoms with Gasteiger partial charge in [0.2, 0.25) is 0 Å². The maximum atomic E-state index is 11.1.